The van der Waals surface area contributed by atoms with Gasteiger partial charge in [0.2, 0.25) is 0 Å². The van der Waals surface area contributed by atoms with Crippen molar-refractivity contribution in [1.29, 1.82) is 0 Å². The molecule has 5 heteroatoms. The van der Waals surface area contributed by atoms with Gasteiger partial charge in [-0.15, -0.1) is 0 Å². The van der Waals surface area contributed by atoms with Gasteiger partial charge in [-0.2, -0.15) is 10.2 Å². The summed E-state index contributed by atoms with van der Waals surface area (Å²) >= 11 is 0. The van der Waals surface area contributed by atoms with Crippen LogP contribution in [0.4, 0.5) is 0 Å². The summed E-state index contributed by atoms with van der Waals surface area (Å²) in [5, 5.41) is 14.0. The van der Waals surface area contributed by atoms with Gasteiger partial charge >= 0.3 is 0 Å². The summed E-state index contributed by atoms with van der Waals surface area (Å²) in [6, 6.07) is 0. The van der Waals surface area contributed by atoms with Gasteiger partial charge in [-0.3, -0.25) is 5.10 Å². The van der Waals surface area contributed by atoms with Gasteiger partial charge < -0.3 is 5.32 Å². The molecule has 2 N–H and O–H groups in total. The lowest BCUT2D eigenvalue weighted by molar-refractivity contribution is 0.693. The summed E-state index contributed by atoms with van der Waals surface area (Å²) in [4.78, 5) is 0. The molecule has 0 bridgehead atoms. The van der Waals surface area contributed by atoms with E-state index >= 15 is 0 Å². The van der Waals surface area contributed by atoms with Crippen molar-refractivity contribution in [1.82, 2.24) is 25.3 Å². The molecule has 2 aromatic rings. The maximum absolute atomic E-state index is 4.09. The second-order valence-electron chi connectivity index (χ2n) is 3.22. The van der Waals surface area contributed by atoms with E-state index in [2.05, 4.69) is 27.2 Å². The highest BCUT2D eigenvalue weighted by Crippen LogP contribution is 1.98. The van der Waals surface area contributed by atoms with Crippen LogP contribution in [0.2, 0.25) is 0 Å². The third-order valence-corrected chi connectivity index (χ3v) is 2.06. The van der Waals surface area contributed by atoms with Crippen LogP contribution in [-0.2, 0) is 13.1 Å². The SMILES string of the molecule is C=Cn1cc(CNCc2cn[nH]c2)cn1. The molecule has 15 heavy (non-hydrogen) atoms. The van der Waals surface area contributed by atoms with Crippen molar-refractivity contribution < 1.29 is 0 Å². The Morgan fingerprint density at radius 3 is 2.93 bits per heavy atom. The predicted molar refractivity (Wildman–Crippen MR) is 57.7 cm³/mol. The van der Waals surface area contributed by atoms with E-state index in [0.29, 0.717) is 0 Å². The average Bonchev–Trinajstić information content (AvgIpc) is 2.88. The number of nitrogens with one attached hydrogen (secondary N) is 2. The van der Waals surface area contributed by atoms with Gasteiger partial charge in [0, 0.05) is 42.8 Å². The van der Waals surface area contributed by atoms with Gasteiger partial charge in [0.15, 0.2) is 0 Å². The van der Waals surface area contributed by atoms with Crippen LogP contribution >= 0.6 is 0 Å². The molecular formula is C10H13N5. The topological polar surface area (TPSA) is 58.5 Å². The molecule has 0 aliphatic carbocycles. The fraction of sp³-hybridized carbons (Fsp3) is 0.200. The van der Waals surface area contributed by atoms with Crippen LogP contribution in [0.1, 0.15) is 11.1 Å². The van der Waals surface area contributed by atoms with Crippen LogP contribution in [0.3, 0.4) is 0 Å². The van der Waals surface area contributed by atoms with Gasteiger partial charge in [0.25, 0.3) is 0 Å². The molecule has 0 spiro atoms. The van der Waals surface area contributed by atoms with Gasteiger partial charge in [-0.05, 0) is 0 Å². The van der Waals surface area contributed by atoms with E-state index in [-0.39, 0.29) is 0 Å². The number of rotatable bonds is 5. The lowest BCUT2D eigenvalue weighted by Gasteiger charge is -1.99. The Hall–Kier alpha value is -1.88. The Balaban J connectivity index is 1.80. The molecule has 0 saturated carbocycles. The molecule has 0 fully saturated rings. The summed E-state index contributed by atoms with van der Waals surface area (Å²) in [6.07, 6.45) is 9.11. The lowest BCUT2D eigenvalue weighted by atomic mass is 10.3. The van der Waals surface area contributed by atoms with Gasteiger partial charge in [-0.25, -0.2) is 4.68 Å². The van der Waals surface area contributed by atoms with Crippen LogP contribution in [-0.4, -0.2) is 20.0 Å². The number of nitrogens with zero attached hydrogens (tertiary/aromatic N) is 3. The zero-order valence-electron chi connectivity index (χ0n) is 8.35. The van der Waals surface area contributed by atoms with Crippen LogP contribution in [0.15, 0.2) is 31.4 Å². The fourth-order valence-corrected chi connectivity index (χ4v) is 1.29. The molecular weight excluding hydrogens is 190 g/mol. The fourth-order valence-electron chi connectivity index (χ4n) is 1.29. The normalized spacial score (nSPS) is 10.4. The first kappa shape index (κ1) is 9.67. The Labute approximate surface area is 87.8 Å². The van der Waals surface area contributed by atoms with Gasteiger partial charge in [0.05, 0.1) is 12.4 Å². The summed E-state index contributed by atoms with van der Waals surface area (Å²) in [6.45, 7) is 5.22. The molecule has 0 unspecified atom stereocenters. The minimum Gasteiger partial charge on any atom is -0.308 e. The van der Waals surface area contributed by atoms with Gasteiger partial charge in [0.1, 0.15) is 0 Å². The maximum atomic E-state index is 4.09. The third kappa shape index (κ3) is 2.54. The van der Waals surface area contributed by atoms with Crippen molar-refractivity contribution in [2.24, 2.45) is 0 Å². The standard InChI is InChI=1S/C10H13N5/c1-2-15-8-10(7-14-15)4-11-3-9-5-12-13-6-9/h2,5-8,11H,1,3-4H2,(H,12,13). The van der Waals surface area contributed by atoms with E-state index in [1.54, 1.807) is 17.1 Å². The second-order valence-corrected chi connectivity index (χ2v) is 3.22. The Morgan fingerprint density at radius 1 is 1.40 bits per heavy atom. The molecule has 5 nitrogen and oxygen atoms in total. The third-order valence-electron chi connectivity index (χ3n) is 2.06. The predicted octanol–water partition coefficient (Wildman–Crippen LogP) is 0.996. The van der Waals surface area contributed by atoms with E-state index in [4.69, 9.17) is 0 Å². The summed E-state index contributed by atoms with van der Waals surface area (Å²) in [5.74, 6) is 0. The van der Waals surface area contributed by atoms with Crippen molar-refractivity contribution in [2.75, 3.05) is 0 Å². The summed E-state index contributed by atoms with van der Waals surface area (Å²) in [5.41, 5.74) is 2.28. The highest BCUT2D eigenvalue weighted by molar-refractivity contribution is 5.17. The Kier molecular flexibility index (Phi) is 2.94. The molecule has 0 saturated heterocycles. The molecule has 0 aliphatic rings. The van der Waals surface area contributed by atoms with E-state index in [1.807, 2.05) is 18.6 Å². The number of aromatic nitrogens is 4. The molecule has 0 atom stereocenters. The van der Waals surface area contributed by atoms with Crippen molar-refractivity contribution >= 4 is 6.20 Å². The first-order chi connectivity index (χ1) is 7.38. The smallest absolute Gasteiger partial charge is 0.0538 e. The van der Waals surface area contributed by atoms with Crippen LogP contribution in [0.5, 0.6) is 0 Å². The maximum Gasteiger partial charge on any atom is 0.0538 e. The average molecular weight is 203 g/mol. The van der Waals surface area contributed by atoms with Crippen molar-refractivity contribution in [2.45, 2.75) is 13.1 Å². The highest BCUT2D eigenvalue weighted by atomic mass is 15.2. The molecule has 2 heterocycles. The molecule has 0 amide bonds. The molecule has 78 valence electrons. The molecule has 0 radical (unpaired) electrons. The van der Waals surface area contributed by atoms with Gasteiger partial charge in [-0.1, -0.05) is 6.58 Å². The zero-order valence-corrected chi connectivity index (χ0v) is 8.35. The number of aromatic amines is 1. The van der Waals surface area contributed by atoms with E-state index < -0.39 is 0 Å². The van der Waals surface area contributed by atoms with Crippen molar-refractivity contribution in [3.63, 3.8) is 0 Å². The highest BCUT2D eigenvalue weighted by Gasteiger charge is 1.97. The first-order valence-corrected chi connectivity index (χ1v) is 4.72. The van der Waals surface area contributed by atoms with Crippen LogP contribution in [0, 0.1) is 0 Å². The van der Waals surface area contributed by atoms with E-state index in [9.17, 15) is 0 Å². The summed E-state index contributed by atoms with van der Waals surface area (Å²) < 4.78 is 1.69. The van der Waals surface area contributed by atoms with Crippen molar-refractivity contribution in [3.8, 4) is 0 Å². The van der Waals surface area contributed by atoms with Crippen LogP contribution < -0.4 is 5.32 Å². The van der Waals surface area contributed by atoms with E-state index in [1.165, 1.54) is 0 Å². The number of hydrogen-bond donors (Lipinski definition) is 2. The Morgan fingerprint density at radius 2 is 2.27 bits per heavy atom. The Bertz CT molecular complexity index is 415. The summed E-state index contributed by atoms with van der Waals surface area (Å²) in [7, 11) is 0. The largest absolute Gasteiger partial charge is 0.308 e. The second kappa shape index (κ2) is 4.56. The zero-order chi connectivity index (χ0) is 10.5. The molecule has 2 rings (SSSR count). The molecule has 2 aromatic heterocycles. The minimum absolute atomic E-state index is 0.791. The van der Waals surface area contributed by atoms with E-state index in [0.717, 1.165) is 24.2 Å². The minimum atomic E-state index is 0.791. The molecule has 0 aromatic carbocycles. The number of hydrogen-bond acceptors (Lipinski definition) is 3. The van der Waals surface area contributed by atoms with Crippen molar-refractivity contribution in [3.05, 3.63) is 42.5 Å². The van der Waals surface area contributed by atoms with Crippen LogP contribution in [0.25, 0.3) is 6.20 Å². The molecule has 0 aliphatic heterocycles. The monoisotopic (exact) mass is 203 g/mol. The number of H-pyrrole nitrogens is 1. The first-order valence-electron chi connectivity index (χ1n) is 4.72. The quantitative estimate of drug-likeness (QED) is 0.762. The lowest BCUT2D eigenvalue weighted by Crippen LogP contribution is -2.11.